The second-order valence-corrected chi connectivity index (χ2v) is 9.75. The Morgan fingerprint density at radius 1 is 1.00 bits per heavy atom. The number of para-hydroxylation sites is 1. The van der Waals surface area contributed by atoms with Crippen LogP contribution in [-0.2, 0) is 12.0 Å². The molecule has 0 saturated heterocycles. The van der Waals surface area contributed by atoms with Gasteiger partial charge in [0, 0.05) is 29.9 Å². The lowest BCUT2D eigenvalue weighted by molar-refractivity contribution is -0.677. The van der Waals surface area contributed by atoms with Gasteiger partial charge in [-0.25, -0.2) is 0 Å². The summed E-state index contributed by atoms with van der Waals surface area (Å²) in [6.07, 6.45) is 14.6. The predicted octanol–water partition coefficient (Wildman–Crippen LogP) is 6.03. The Morgan fingerprint density at radius 2 is 1.74 bits per heavy atom. The van der Waals surface area contributed by atoms with Gasteiger partial charge in [-0.15, -0.1) is 0 Å². The Kier molecular flexibility index (Phi) is 6.90. The van der Waals surface area contributed by atoms with E-state index >= 15 is 0 Å². The van der Waals surface area contributed by atoms with Crippen molar-refractivity contribution < 1.29 is 8.98 Å². The van der Waals surface area contributed by atoms with Gasteiger partial charge in [0.15, 0.2) is 6.54 Å². The molecule has 176 valence electrons. The number of benzene rings is 2. The van der Waals surface area contributed by atoms with E-state index in [0.717, 1.165) is 30.1 Å². The first-order valence-corrected chi connectivity index (χ1v) is 11.9. The molecular formula is C30H36N3O+. The highest BCUT2D eigenvalue weighted by molar-refractivity contribution is 5.71. The van der Waals surface area contributed by atoms with E-state index in [0.29, 0.717) is 0 Å². The van der Waals surface area contributed by atoms with Gasteiger partial charge in [-0.2, -0.15) is 4.57 Å². The maximum absolute atomic E-state index is 6.16. The Morgan fingerprint density at radius 3 is 2.50 bits per heavy atom. The summed E-state index contributed by atoms with van der Waals surface area (Å²) < 4.78 is 8.41. The van der Waals surface area contributed by atoms with Crippen molar-refractivity contribution in [3.05, 3.63) is 102 Å². The summed E-state index contributed by atoms with van der Waals surface area (Å²) in [7, 11) is 6.33. The maximum atomic E-state index is 6.16. The molecule has 3 aromatic rings. The summed E-state index contributed by atoms with van der Waals surface area (Å²) in [5.74, 6) is 0.866. The van der Waals surface area contributed by atoms with Crippen molar-refractivity contribution in [1.29, 1.82) is 0 Å². The van der Waals surface area contributed by atoms with E-state index in [1.807, 2.05) is 18.2 Å². The summed E-state index contributed by atoms with van der Waals surface area (Å²) in [6.45, 7) is 8.50. The lowest BCUT2D eigenvalue weighted by atomic mass is 9.84. The average molecular weight is 455 g/mol. The van der Waals surface area contributed by atoms with Gasteiger partial charge in [-0.05, 0) is 50.4 Å². The number of anilines is 1. The summed E-state index contributed by atoms with van der Waals surface area (Å²) in [5.41, 5.74) is 7.22. The lowest BCUT2D eigenvalue weighted by Gasteiger charge is -2.23. The molecular weight excluding hydrogens is 418 g/mol. The fraction of sp³-hybridized carbons (Fsp3) is 0.300. The van der Waals surface area contributed by atoms with E-state index in [1.165, 1.54) is 22.5 Å². The van der Waals surface area contributed by atoms with E-state index < -0.39 is 0 Å². The van der Waals surface area contributed by atoms with Crippen molar-refractivity contribution in [2.75, 3.05) is 32.6 Å². The highest BCUT2D eigenvalue weighted by atomic mass is 16.3. The molecule has 0 saturated carbocycles. The molecule has 1 aliphatic rings. The first-order valence-electron chi connectivity index (χ1n) is 11.9. The van der Waals surface area contributed by atoms with Crippen LogP contribution < -0.4 is 9.47 Å². The van der Waals surface area contributed by atoms with Crippen molar-refractivity contribution in [3.63, 3.8) is 0 Å². The number of hydrogen-bond donors (Lipinski definition) is 0. The van der Waals surface area contributed by atoms with Gasteiger partial charge in [-0.1, -0.05) is 68.5 Å². The van der Waals surface area contributed by atoms with Crippen molar-refractivity contribution in [2.45, 2.75) is 32.7 Å². The zero-order valence-corrected chi connectivity index (χ0v) is 21.2. The van der Waals surface area contributed by atoms with Crippen LogP contribution in [0.3, 0.4) is 0 Å². The third-order valence-electron chi connectivity index (χ3n) is 6.54. The van der Waals surface area contributed by atoms with Crippen molar-refractivity contribution in [1.82, 2.24) is 4.90 Å². The zero-order chi connectivity index (χ0) is 24.3. The number of hydrogen-bond acceptors (Lipinski definition) is 3. The monoisotopic (exact) mass is 454 g/mol. The van der Waals surface area contributed by atoms with Crippen LogP contribution in [0.1, 0.15) is 30.9 Å². The van der Waals surface area contributed by atoms with E-state index in [2.05, 4.69) is 123 Å². The smallest absolute Gasteiger partial charge is 0.374 e. The van der Waals surface area contributed by atoms with Gasteiger partial charge in [0.2, 0.25) is 5.58 Å². The molecule has 4 nitrogen and oxygen atoms in total. The average Bonchev–Trinajstić information content (AvgIpc) is 3.23. The van der Waals surface area contributed by atoms with E-state index in [-0.39, 0.29) is 5.41 Å². The number of aryl methyl sites for hydroxylation is 1. The number of fused-ring (bicyclic) bond motifs is 2. The van der Waals surface area contributed by atoms with Crippen LogP contribution >= 0.6 is 0 Å². The molecule has 0 fully saturated rings. The molecule has 34 heavy (non-hydrogen) atoms. The Balaban J connectivity index is 1.47. The fourth-order valence-electron chi connectivity index (χ4n) is 4.65. The van der Waals surface area contributed by atoms with Crippen molar-refractivity contribution >= 4 is 22.9 Å². The predicted molar refractivity (Wildman–Crippen MR) is 143 cm³/mol. The van der Waals surface area contributed by atoms with Gasteiger partial charge in [-0.3, -0.25) is 0 Å². The first kappa shape index (κ1) is 23.8. The number of likely N-dealkylation sites (N-methyl/N-ethyl adjacent to an activating group) is 2. The molecule has 1 aromatic heterocycles. The minimum atomic E-state index is -0.000864. The summed E-state index contributed by atoms with van der Waals surface area (Å²) in [6, 6.07) is 15.0. The second-order valence-electron chi connectivity index (χ2n) is 9.75. The van der Waals surface area contributed by atoms with Crippen LogP contribution in [0, 0.1) is 6.92 Å². The molecule has 0 aliphatic carbocycles. The summed E-state index contributed by atoms with van der Waals surface area (Å²) >= 11 is 0. The molecule has 0 unspecified atom stereocenters. The molecule has 0 atom stereocenters. The Labute approximate surface area is 203 Å². The molecule has 4 rings (SSSR count). The number of rotatable bonds is 7. The zero-order valence-electron chi connectivity index (χ0n) is 21.2. The van der Waals surface area contributed by atoms with E-state index in [1.54, 1.807) is 0 Å². The SMILES string of the molecule is Cc1ccc2c(c1)oc(/C=C/C=C/C=C/C=C1/N(C)c3ccccc3C1(C)C)[n+]2CCN(C)C. The highest BCUT2D eigenvalue weighted by Gasteiger charge is 2.37. The molecule has 0 spiro atoms. The van der Waals surface area contributed by atoms with E-state index in [9.17, 15) is 0 Å². The number of nitrogens with zero attached hydrogens (tertiary/aromatic N) is 3. The Bertz CT molecular complexity index is 1290. The highest BCUT2D eigenvalue weighted by Crippen LogP contribution is 2.46. The summed E-state index contributed by atoms with van der Waals surface area (Å²) in [4.78, 5) is 4.48. The molecule has 4 heteroatoms. The van der Waals surface area contributed by atoms with E-state index in [4.69, 9.17) is 4.42 Å². The molecule has 0 radical (unpaired) electrons. The van der Waals surface area contributed by atoms with Crippen LogP contribution in [0.25, 0.3) is 17.2 Å². The van der Waals surface area contributed by atoms with Crippen LogP contribution in [0.2, 0.25) is 0 Å². The quantitative estimate of drug-likeness (QED) is 0.322. The minimum Gasteiger partial charge on any atom is -0.398 e. The maximum Gasteiger partial charge on any atom is 0.374 e. The molecule has 0 bridgehead atoms. The standard InChI is InChI=1S/C30H36N3O/c1-23-18-19-26-27(22-23)34-29(33(26)21-20-31(4)5)17-11-9-7-8-10-16-28-30(2,3)24-14-12-13-15-25(24)32(28)6/h7-19,22H,20-21H2,1-6H3/q+1. The number of oxazole rings is 1. The molecule has 0 N–H and O–H groups in total. The van der Waals surface area contributed by atoms with Gasteiger partial charge in [0.05, 0.1) is 12.6 Å². The third-order valence-corrected chi connectivity index (χ3v) is 6.54. The minimum absolute atomic E-state index is 0.000864. The molecule has 2 heterocycles. The largest absolute Gasteiger partial charge is 0.398 e. The number of aromatic nitrogens is 1. The topological polar surface area (TPSA) is 23.5 Å². The fourth-order valence-corrected chi connectivity index (χ4v) is 4.65. The van der Waals surface area contributed by atoms with Crippen LogP contribution in [0.15, 0.2) is 89.0 Å². The lowest BCUT2D eigenvalue weighted by Crippen LogP contribution is -2.40. The molecule has 0 amide bonds. The van der Waals surface area contributed by atoms with Gasteiger partial charge in [0.25, 0.3) is 5.52 Å². The van der Waals surface area contributed by atoms with Crippen molar-refractivity contribution in [2.24, 2.45) is 0 Å². The number of allylic oxidation sites excluding steroid dienone is 7. The first-order chi connectivity index (χ1) is 16.3. The van der Waals surface area contributed by atoms with Gasteiger partial charge < -0.3 is 14.2 Å². The van der Waals surface area contributed by atoms with Crippen LogP contribution in [-0.4, -0.2) is 32.6 Å². The van der Waals surface area contributed by atoms with Gasteiger partial charge in [0.1, 0.15) is 0 Å². The summed E-state index contributed by atoms with van der Waals surface area (Å²) in [5, 5.41) is 0. The second kappa shape index (κ2) is 9.86. The van der Waals surface area contributed by atoms with Gasteiger partial charge >= 0.3 is 5.89 Å². The molecule has 1 aliphatic heterocycles. The Hall–Kier alpha value is -3.37. The molecule has 2 aromatic carbocycles. The van der Waals surface area contributed by atoms with Crippen molar-refractivity contribution in [3.8, 4) is 0 Å². The van der Waals surface area contributed by atoms with Crippen LogP contribution in [0.4, 0.5) is 5.69 Å². The third kappa shape index (κ3) is 4.78. The normalized spacial score (nSPS) is 16.9. The van der Waals surface area contributed by atoms with Crippen LogP contribution in [0.5, 0.6) is 0 Å².